The van der Waals surface area contributed by atoms with E-state index in [0.717, 1.165) is 11.1 Å². The van der Waals surface area contributed by atoms with Gasteiger partial charge in [-0.25, -0.2) is 4.79 Å². The number of hydrogen-bond acceptors (Lipinski definition) is 4. The topological polar surface area (TPSA) is 93.2 Å². The molecular formula is C22H19N3O4. The van der Waals surface area contributed by atoms with Crippen molar-refractivity contribution in [2.45, 2.75) is 12.5 Å². The molecular weight excluding hydrogens is 370 g/mol. The molecule has 0 fully saturated rings. The predicted octanol–water partition coefficient (Wildman–Crippen LogP) is 2.15. The van der Waals surface area contributed by atoms with E-state index in [-0.39, 0.29) is 5.91 Å². The summed E-state index contributed by atoms with van der Waals surface area (Å²) in [6.45, 7) is 0.618. The van der Waals surface area contributed by atoms with Crippen LogP contribution in [0.2, 0.25) is 0 Å². The summed E-state index contributed by atoms with van der Waals surface area (Å²) >= 11 is 0. The molecule has 1 aromatic heterocycles. The van der Waals surface area contributed by atoms with Crippen molar-refractivity contribution in [1.82, 2.24) is 14.9 Å². The number of aromatic amines is 1. The van der Waals surface area contributed by atoms with Crippen molar-refractivity contribution in [1.29, 1.82) is 0 Å². The Balaban J connectivity index is 1.45. The summed E-state index contributed by atoms with van der Waals surface area (Å²) in [5.74, 6) is 0.782. The lowest BCUT2D eigenvalue weighted by atomic mass is 9.87. The Morgan fingerprint density at radius 3 is 2.31 bits per heavy atom. The minimum absolute atomic E-state index is 0.126. The third kappa shape index (κ3) is 3.89. The predicted molar refractivity (Wildman–Crippen MR) is 108 cm³/mol. The number of aromatic nitrogens is 2. The third-order valence-electron chi connectivity index (χ3n) is 4.70. The maximum Gasteiger partial charge on any atom is 0.328 e. The fraction of sp³-hybridized carbons (Fsp3) is 0.136. The molecule has 2 heterocycles. The van der Waals surface area contributed by atoms with Crippen molar-refractivity contribution < 1.29 is 9.53 Å². The number of carbonyl (C=O) groups excluding carboxylic acids is 1. The molecule has 0 saturated heterocycles. The van der Waals surface area contributed by atoms with Gasteiger partial charge in [0.2, 0.25) is 5.91 Å². The quantitative estimate of drug-likeness (QED) is 0.654. The van der Waals surface area contributed by atoms with Crippen LogP contribution in [-0.4, -0.2) is 22.0 Å². The van der Waals surface area contributed by atoms with Crippen molar-refractivity contribution in [2.75, 3.05) is 6.54 Å². The Bertz CT molecular complexity index is 1150. The second-order valence-corrected chi connectivity index (χ2v) is 6.59. The molecule has 0 bridgehead atoms. The molecule has 3 aromatic rings. The molecule has 0 aliphatic carbocycles. The molecule has 1 amide bonds. The number of allylic oxidation sites excluding steroid dienone is 1. The summed E-state index contributed by atoms with van der Waals surface area (Å²) < 4.78 is 7.28. The van der Waals surface area contributed by atoms with E-state index in [0.29, 0.717) is 24.6 Å². The van der Waals surface area contributed by atoms with Gasteiger partial charge in [0.15, 0.2) is 0 Å². The van der Waals surface area contributed by atoms with Crippen LogP contribution in [0.5, 0.6) is 11.5 Å². The van der Waals surface area contributed by atoms with Gasteiger partial charge in [-0.3, -0.25) is 19.1 Å². The fourth-order valence-electron chi connectivity index (χ4n) is 3.31. The van der Waals surface area contributed by atoms with Gasteiger partial charge in [0.05, 0.1) is 5.92 Å². The lowest BCUT2D eigenvalue weighted by molar-refractivity contribution is -0.121. The molecule has 7 heteroatoms. The van der Waals surface area contributed by atoms with E-state index in [2.05, 4.69) is 10.3 Å². The number of benzene rings is 2. The largest absolute Gasteiger partial charge is 0.457 e. The zero-order valence-electron chi connectivity index (χ0n) is 15.5. The SMILES string of the molecule is O=C(NC/C=C\Cn1ccc(=O)[nH]c1=O)C1c2ccccc2Oc2ccccc21. The first-order valence-electron chi connectivity index (χ1n) is 9.21. The number of nitrogens with one attached hydrogen (secondary N) is 2. The molecule has 4 rings (SSSR count). The van der Waals surface area contributed by atoms with Crippen LogP contribution >= 0.6 is 0 Å². The lowest BCUT2D eigenvalue weighted by Crippen LogP contribution is -2.31. The van der Waals surface area contributed by atoms with Crippen molar-refractivity contribution >= 4 is 5.91 Å². The molecule has 0 spiro atoms. The highest BCUT2D eigenvalue weighted by Crippen LogP contribution is 2.43. The van der Waals surface area contributed by atoms with E-state index >= 15 is 0 Å². The minimum atomic E-state index is -0.471. The summed E-state index contributed by atoms with van der Waals surface area (Å²) in [5, 5.41) is 2.92. The summed E-state index contributed by atoms with van der Waals surface area (Å²) in [5.41, 5.74) is 0.751. The van der Waals surface area contributed by atoms with E-state index < -0.39 is 17.2 Å². The highest BCUT2D eigenvalue weighted by atomic mass is 16.5. The van der Waals surface area contributed by atoms with Crippen molar-refractivity contribution in [3.05, 3.63) is 105 Å². The maximum absolute atomic E-state index is 13.0. The van der Waals surface area contributed by atoms with Gasteiger partial charge in [-0.1, -0.05) is 48.6 Å². The lowest BCUT2D eigenvalue weighted by Gasteiger charge is -2.27. The van der Waals surface area contributed by atoms with Gasteiger partial charge in [-0.15, -0.1) is 0 Å². The number of hydrogen-bond donors (Lipinski definition) is 2. The highest BCUT2D eigenvalue weighted by molar-refractivity contribution is 5.89. The van der Waals surface area contributed by atoms with Gasteiger partial charge >= 0.3 is 5.69 Å². The summed E-state index contributed by atoms with van der Waals surface area (Å²) in [6.07, 6.45) is 4.96. The van der Waals surface area contributed by atoms with Crippen LogP contribution in [-0.2, 0) is 11.3 Å². The normalized spacial score (nSPS) is 12.8. The van der Waals surface area contributed by atoms with Crippen LogP contribution in [0.15, 0.2) is 82.5 Å². The summed E-state index contributed by atoms with van der Waals surface area (Å²) in [4.78, 5) is 37.9. The monoisotopic (exact) mass is 389 g/mol. The molecule has 29 heavy (non-hydrogen) atoms. The Morgan fingerprint density at radius 1 is 1.00 bits per heavy atom. The second kappa shape index (κ2) is 8.02. The summed E-state index contributed by atoms with van der Waals surface area (Å²) in [7, 11) is 0. The molecule has 0 saturated carbocycles. The van der Waals surface area contributed by atoms with E-state index in [1.807, 2.05) is 48.5 Å². The standard InChI is InChI=1S/C22H19N3O4/c26-19-11-14-25(22(28)24-19)13-6-5-12-23-21(27)20-15-7-1-3-9-17(15)29-18-10-4-2-8-16(18)20/h1-11,14,20H,12-13H2,(H,23,27)(H,24,26,28)/b6-5-. The number of fused-ring (bicyclic) bond motifs is 2. The first kappa shape index (κ1) is 18.5. The highest BCUT2D eigenvalue weighted by Gasteiger charge is 2.31. The van der Waals surface area contributed by atoms with Crippen LogP contribution in [0.4, 0.5) is 0 Å². The Kier molecular flexibility index (Phi) is 5.11. The van der Waals surface area contributed by atoms with Crippen molar-refractivity contribution in [3.63, 3.8) is 0 Å². The number of ether oxygens (including phenoxy) is 1. The number of para-hydroxylation sites is 2. The number of H-pyrrole nitrogens is 1. The fourth-order valence-corrected chi connectivity index (χ4v) is 3.31. The second-order valence-electron chi connectivity index (χ2n) is 6.59. The van der Waals surface area contributed by atoms with Gasteiger partial charge in [-0.05, 0) is 12.1 Å². The minimum Gasteiger partial charge on any atom is -0.457 e. The molecule has 1 aliphatic rings. The van der Waals surface area contributed by atoms with Crippen LogP contribution in [0, 0.1) is 0 Å². The first-order valence-corrected chi connectivity index (χ1v) is 9.21. The van der Waals surface area contributed by atoms with Crippen LogP contribution in [0.1, 0.15) is 17.0 Å². The molecule has 1 aliphatic heterocycles. The summed E-state index contributed by atoms with van der Waals surface area (Å²) in [6, 6.07) is 16.3. The van der Waals surface area contributed by atoms with Crippen LogP contribution in [0.3, 0.4) is 0 Å². The molecule has 2 N–H and O–H groups in total. The van der Waals surface area contributed by atoms with Gasteiger partial charge in [0, 0.05) is 36.5 Å². The molecule has 0 radical (unpaired) electrons. The molecule has 7 nitrogen and oxygen atoms in total. The van der Waals surface area contributed by atoms with E-state index in [1.165, 1.54) is 16.8 Å². The van der Waals surface area contributed by atoms with E-state index in [4.69, 9.17) is 4.74 Å². The van der Waals surface area contributed by atoms with E-state index in [1.54, 1.807) is 12.2 Å². The van der Waals surface area contributed by atoms with Gasteiger partial charge in [-0.2, -0.15) is 0 Å². The third-order valence-corrected chi connectivity index (χ3v) is 4.70. The molecule has 2 aromatic carbocycles. The molecule has 0 unspecified atom stereocenters. The van der Waals surface area contributed by atoms with E-state index in [9.17, 15) is 14.4 Å². The number of nitrogens with zero attached hydrogens (tertiary/aromatic N) is 1. The van der Waals surface area contributed by atoms with Crippen molar-refractivity contribution in [2.24, 2.45) is 0 Å². The average Bonchev–Trinajstić information content (AvgIpc) is 2.73. The van der Waals surface area contributed by atoms with Gasteiger partial charge in [0.1, 0.15) is 11.5 Å². The molecule has 146 valence electrons. The Labute approximate surface area is 166 Å². The van der Waals surface area contributed by atoms with Crippen LogP contribution < -0.4 is 21.3 Å². The average molecular weight is 389 g/mol. The zero-order valence-corrected chi connectivity index (χ0v) is 15.5. The molecule has 0 atom stereocenters. The van der Waals surface area contributed by atoms with Crippen LogP contribution in [0.25, 0.3) is 0 Å². The Hall–Kier alpha value is -3.87. The first-order chi connectivity index (χ1) is 14.1. The number of rotatable bonds is 5. The number of amides is 1. The van der Waals surface area contributed by atoms with Crippen molar-refractivity contribution in [3.8, 4) is 11.5 Å². The Morgan fingerprint density at radius 2 is 1.66 bits per heavy atom. The van der Waals surface area contributed by atoms with Gasteiger partial charge < -0.3 is 10.1 Å². The number of carbonyl (C=O) groups is 1. The maximum atomic E-state index is 13.0. The van der Waals surface area contributed by atoms with Gasteiger partial charge in [0.25, 0.3) is 5.56 Å². The zero-order chi connectivity index (χ0) is 20.2. The smallest absolute Gasteiger partial charge is 0.328 e.